The van der Waals surface area contributed by atoms with Gasteiger partial charge >= 0.3 is 0 Å². The number of ether oxygens (including phenoxy) is 1. The van der Waals surface area contributed by atoms with Crippen LogP contribution in [-0.4, -0.2) is 252 Å². The molecule has 11 amide bonds. The lowest BCUT2D eigenvalue weighted by Crippen LogP contribution is -2.64. The highest BCUT2D eigenvalue weighted by Crippen LogP contribution is 2.27. The lowest BCUT2D eigenvalue weighted by molar-refractivity contribution is -0.157. The number of aliphatic hydroxyl groups is 1. The number of amides is 11. The molecule has 0 aromatic carbocycles. The van der Waals surface area contributed by atoms with Crippen LogP contribution >= 0.6 is 11.8 Å². The van der Waals surface area contributed by atoms with Crippen LogP contribution < -0.4 is 21.3 Å². The monoisotopic (exact) mass is 1330 g/mol. The summed E-state index contributed by atoms with van der Waals surface area (Å²) in [4.78, 5) is 173. The number of thioether (sulfide) groups is 1. The minimum absolute atomic E-state index is 0.00541. The number of rotatable bonds is 22. The van der Waals surface area contributed by atoms with Crippen molar-refractivity contribution in [2.24, 2.45) is 41.4 Å². The van der Waals surface area contributed by atoms with Gasteiger partial charge in [0.1, 0.15) is 66.5 Å². The zero-order valence-electron chi connectivity index (χ0n) is 61.3. The maximum absolute atomic E-state index is 15.3. The zero-order chi connectivity index (χ0) is 71.8. The van der Waals surface area contributed by atoms with Crippen LogP contribution in [0.1, 0.15) is 169 Å². The third-order valence-electron chi connectivity index (χ3n) is 17.9. The highest BCUT2D eigenvalue weighted by molar-refractivity contribution is 7.99. The van der Waals surface area contributed by atoms with Crippen LogP contribution in [0.25, 0.3) is 0 Å². The van der Waals surface area contributed by atoms with E-state index in [2.05, 4.69) is 21.3 Å². The molecular weight excluding hydrogens is 1210 g/mol. The number of methoxy groups -OCH3 is 1. The second-order valence-corrected chi connectivity index (χ2v) is 28.9. The Morgan fingerprint density at radius 2 is 0.946 bits per heavy atom. The molecule has 0 saturated carbocycles. The summed E-state index contributed by atoms with van der Waals surface area (Å²) in [7, 11) is 11.7. The second-order valence-electron chi connectivity index (χ2n) is 27.8. The van der Waals surface area contributed by atoms with Crippen molar-refractivity contribution >= 4 is 76.7 Å². The smallest absolute Gasteiger partial charge is 0.246 e. The number of allylic oxidation sites excluding steroid dienone is 2. The van der Waals surface area contributed by atoms with Crippen LogP contribution in [0.15, 0.2) is 12.2 Å². The molecular formula is C68H123N11O13S. The fourth-order valence-corrected chi connectivity index (χ4v) is 12.9. The molecule has 24 nitrogen and oxygen atoms in total. The van der Waals surface area contributed by atoms with Crippen molar-refractivity contribution in [1.29, 1.82) is 0 Å². The molecule has 534 valence electrons. The average molecular weight is 1330 g/mol. The van der Waals surface area contributed by atoms with Crippen LogP contribution in [0, 0.1) is 41.4 Å². The summed E-state index contributed by atoms with van der Waals surface area (Å²) in [6, 6.07) is -13.8. The summed E-state index contributed by atoms with van der Waals surface area (Å²) in [6.45, 7) is 30.5. The number of nitrogens with zero attached hydrogens (tertiary/aromatic N) is 7. The molecule has 1 aliphatic rings. The Balaban J connectivity index is 4.53. The van der Waals surface area contributed by atoms with Gasteiger partial charge in [-0.2, -0.15) is 11.8 Å². The first-order valence-corrected chi connectivity index (χ1v) is 34.8. The van der Waals surface area contributed by atoms with Crippen LogP contribution in [0.3, 0.4) is 0 Å². The van der Waals surface area contributed by atoms with Crippen molar-refractivity contribution in [3.05, 3.63) is 12.2 Å². The van der Waals surface area contributed by atoms with Crippen LogP contribution in [0.4, 0.5) is 0 Å². The van der Waals surface area contributed by atoms with Crippen LogP contribution in [0.2, 0.25) is 0 Å². The molecule has 0 aliphatic carbocycles. The van der Waals surface area contributed by atoms with Gasteiger partial charge < -0.3 is 65.4 Å². The number of nitrogens with one attached hydrogen (secondary N) is 4. The first-order chi connectivity index (χ1) is 43.2. The van der Waals surface area contributed by atoms with Gasteiger partial charge in [-0.05, 0) is 113 Å². The van der Waals surface area contributed by atoms with Crippen molar-refractivity contribution in [3.63, 3.8) is 0 Å². The molecule has 1 saturated heterocycles. The van der Waals surface area contributed by atoms with Crippen molar-refractivity contribution < 1.29 is 62.6 Å². The van der Waals surface area contributed by atoms with Gasteiger partial charge in [-0.15, -0.1) is 0 Å². The standard InChI is InChI=1S/C68H123N11O13S/c1-26-29-32-45(15)57(80)56-61(84)71-48(28-3)63(86)76(21)52(38-93-34-31-30-33-92-25)66(89)78(23)55(44(14)27-2)60(83)72-53(42(10)11)67(90)73(18)49(35-39(4)5)59(82)69-46(16)58(81)70-47(17)62(85)74(19)50(36-40(6)7)64(87)75(20)51(37-41(8)9)65(88)77(22)54(43(12)13)68(91)79(56)24/h26,29,39-57,80H,27-28,30-38H2,1-25H3,(H,69,82)(H,70,81)(H,71,84)(H,72,83)/b29-26+/t44?,45-,46+,47-,48+,49+,50+,51+,52-,53+,54+,55+,56+,57-/m1/s1. The molecule has 5 N–H and O–H groups in total. The number of carbonyl (C=O) groups is 11. The van der Waals surface area contributed by atoms with E-state index in [0.29, 0.717) is 25.2 Å². The molecule has 93 heavy (non-hydrogen) atoms. The minimum Gasteiger partial charge on any atom is -0.390 e. The first-order valence-electron chi connectivity index (χ1n) is 33.7. The topological polar surface area (TPSA) is 288 Å². The SMILES string of the molecule is C/C=C/C[C@@H](C)[C@@H](O)[C@H]1C(=O)N[C@@H](CC)C(=O)N(C)[C@H](CSCCCCOC)C(=O)N(C)[C@@H](C(C)CC)C(=O)N[C@@H](C(C)C)C(=O)N(C)[C@@H](CC(C)C)C(=O)N[C@@H](C)C(=O)N[C@H](C)C(=O)N(C)[C@@H](CC(C)C)C(=O)N(C)[C@@H](CC(C)C)C(=O)N(C)[C@@H](C(C)C)C(=O)N1C. The first kappa shape index (κ1) is 85.2. The number of hydrogen-bond acceptors (Lipinski definition) is 14. The van der Waals surface area contributed by atoms with Gasteiger partial charge in [-0.25, -0.2) is 0 Å². The summed E-state index contributed by atoms with van der Waals surface area (Å²) < 4.78 is 5.26. The van der Waals surface area contributed by atoms with Gasteiger partial charge in [-0.3, -0.25) is 52.7 Å². The summed E-state index contributed by atoms with van der Waals surface area (Å²) in [5.74, 6) is -9.45. The highest BCUT2D eigenvalue weighted by atomic mass is 32.2. The second kappa shape index (κ2) is 40.5. The lowest BCUT2D eigenvalue weighted by atomic mass is 9.91. The fourth-order valence-electron chi connectivity index (χ4n) is 11.8. The minimum atomic E-state index is -1.63. The molecule has 25 heteroatoms. The van der Waals surface area contributed by atoms with E-state index in [1.165, 1.54) is 104 Å². The van der Waals surface area contributed by atoms with E-state index in [-0.39, 0.29) is 49.2 Å². The van der Waals surface area contributed by atoms with E-state index in [1.807, 2.05) is 61.5 Å². The molecule has 1 aliphatic heterocycles. The predicted molar refractivity (Wildman–Crippen MR) is 366 cm³/mol. The molecule has 1 heterocycles. The Morgan fingerprint density at radius 3 is 1.43 bits per heavy atom. The maximum atomic E-state index is 15.3. The van der Waals surface area contributed by atoms with Gasteiger partial charge in [0, 0.05) is 68.8 Å². The third kappa shape index (κ3) is 24.4. The van der Waals surface area contributed by atoms with E-state index < -0.39 is 161 Å². The van der Waals surface area contributed by atoms with Crippen molar-refractivity contribution in [2.45, 2.75) is 242 Å². The normalized spacial score (nSPS) is 26.7. The zero-order valence-corrected chi connectivity index (χ0v) is 62.1. The fraction of sp³-hybridized carbons (Fsp3) is 0.809. The molecule has 1 fully saturated rings. The molecule has 0 aromatic heterocycles. The van der Waals surface area contributed by atoms with Gasteiger partial charge in [-0.1, -0.05) is 116 Å². The maximum Gasteiger partial charge on any atom is 0.246 e. The molecule has 1 unspecified atom stereocenters. The molecule has 0 spiro atoms. The highest BCUT2D eigenvalue weighted by Gasteiger charge is 2.47. The molecule has 0 aromatic rings. The number of likely N-dealkylation sites (N-methyl/N-ethyl adjacent to an activating group) is 7. The number of aliphatic hydroxyl groups excluding tert-OH is 1. The van der Waals surface area contributed by atoms with Gasteiger partial charge in [0.05, 0.1) is 6.10 Å². The third-order valence-corrected chi connectivity index (χ3v) is 19.1. The number of carbonyl (C=O) groups excluding carboxylic acids is 11. The summed E-state index contributed by atoms with van der Waals surface area (Å²) >= 11 is 1.42. The van der Waals surface area contributed by atoms with Crippen LogP contribution in [-0.2, 0) is 57.5 Å². The van der Waals surface area contributed by atoms with E-state index in [9.17, 15) is 29.1 Å². The lowest BCUT2D eigenvalue weighted by Gasteiger charge is -2.41. The Hall–Kier alpha value is -5.82. The number of unbranched alkanes of at least 4 members (excludes halogenated alkanes) is 1. The molecule has 0 radical (unpaired) electrons. The van der Waals surface area contributed by atoms with Crippen molar-refractivity contribution in [3.8, 4) is 0 Å². The Bertz CT molecular complexity index is 2500. The molecule has 1 rings (SSSR count). The molecule has 0 bridgehead atoms. The van der Waals surface area contributed by atoms with Crippen molar-refractivity contribution in [2.75, 3.05) is 74.6 Å². The van der Waals surface area contributed by atoms with Crippen molar-refractivity contribution in [1.82, 2.24) is 55.6 Å². The Kier molecular flexibility index (Phi) is 37.1. The quantitative estimate of drug-likeness (QED) is 0.0720. The van der Waals surface area contributed by atoms with Crippen LogP contribution in [0.5, 0.6) is 0 Å². The summed E-state index contributed by atoms with van der Waals surface area (Å²) in [5, 5.41) is 23.5. The largest absolute Gasteiger partial charge is 0.390 e. The molecule has 14 atom stereocenters. The van der Waals surface area contributed by atoms with E-state index in [4.69, 9.17) is 4.74 Å². The summed E-state index contributed by atoms with van der Waals surface area (Å²) in [5.41, 5.74) is 0. The van der Waals surface area contributed by atoms with E-state index in [1.54, 1.807) is 61.7 Å². The Morgan fingerprint density at radius 1 is 0.495 bits per heavy atom. The number of hydrogen-bond donors (Lipinski definition) is 5. The van der Waals surface area contributed by atoms with Gasteiger partial charge in [0.25, 0.3) is 0 Å². The van der Waals surface area contributed by atoms with E-state index >= 15 is 28.8 Å². The Labute approximate surface area is 562 Å². The van der Waals surface area contributed by atoms with E-state index in [0.717, 1.165) is 17.7 Å². The average Bonchev–Trinajstić information content (AvgIpc) is 0.848. The van der Waals surface area contributed by atoms with Gasteiger partial charge in [0.2, 0.25) is 65.0 Å². The van der Waals surface area contributed by atoms with Gasteiger partial charge in [0.15, 0.2) is 0 Å². The summed E-state index contributed by atoms with van der Waals surface area (Å²) in [6.07, 6.45) is 4.71. The predicted octanol–water partition coefficient (Wildman–Crippen LogP) is 4.80.